The fourth-order valence-electron chi connectivity index (χ4n) is 2.71. The maximum Gasteiger partial charge on any atom is 0.269 e. The van der Waals surface area contributed by atoms with E-state index in [2.05, 4.69) is 47.8 Å². The fraction of sp³-hybridized carbons (Fsp3) is 0.235. The average molecular weight is 348 g/mol. The second kappa shape index (κ2) is 5.79. The van der Waals surface area contributed by atoms with Crippen molar-refractivity contribution in [2.45, 2.75) is 25.2 Å². The minimum absolute atomic E-state index is 0.329. The van der Waals surface area contributed by atoms with Crippen molar-refractivity contribution < 1.29 is 4.42 Å². The maximum absolute atomic E-state index is 5.62. The summed E-state index contributed by atoms with van der Waals surface area (Å²) in [6, 6.07) is 5.63. The zero-order valence-electron chi connectivity index (χ0n) is 13.1. The number of benzene rings is 1. The minimum Gasteiger partial charge on any atom is -0.433 e. The Kier molecular flexibility index (Phi) is 3.31. The molecule has 25 heavy (non-hydrogen) atoms. The molecular formula is C17H12N6OS. The lowest BCUT2D eigenvalue weighted by atomic mass is 9.83. The molecule has 1 saturated carbocycles. The number of nitrogens with one attached hydrogen (secondary N) is 1. The van der Waals surface area contributed by atoms with Crippen molar-refractivity contribution in [1.82, 2.24) is 30.6 Å². The normalized spacial score (nSPS) is 14.2. The van der Waals surface area contributed by atoms with Crippen LogP contribution in [-0.4, -0.2) is 30.6 Å². The predicted octanol–water partition coefficient (Wildman–Crippen LogP) is 3.13. The number of aromatic amines is 1. The lowest BCUT2D eigenvalue weighted by Gasteiger charge is -2.22. The van der Waals surface area contributed by atoms with Gasteiger partial charge in [0, 0.05) is 16.9 Å². The van der Waals surface area contributed by atoms with E-state index in [0.29, 0.717) is 28.7 Å². The molecule has 3 heterocycles. The topological polar surface area (TPSA) is 93.4 Å². The molecule has 1 fully saturated rings. The van der Waals surface area contributed by atoms with E-state index in [1.807, 2.05) is 18.2 Å². The van der Waals surface area contributed by atoms with Gasteiger partial charge in [0.25, 0.3) is 11.7 Å². The lowest BCUT2D eigenvalue weighted by molar-refractivity contribution is 0.412. The van der Waals surface area contributed by atoms with E-state index in [1.54, 1.807) is 11.3 Å². The Bertz CT molecular complexity index is 1100. The highest BCUT2D eigenvalue weighted by Crippen LogP contribution is 2.36. The van der Waals surface area contributed by atoms with E-state index in [1.165, 1.54) is 25.0 Å². The molecule has 0 unspecified atom stereocenters. The van der Waals surface area contributed by atoms with Gasteiger partial charge in [-0.3, -0.25) is 0 Å². The summed E-state index contributed by atoms with van der Waals surface area (Å²) in [5.41, 5.74) is 3.42. The number of thiazole rings is 1. The number of oxazole rings is 1. The molecule has 0 radical (unpaired) electrons. The van der Waals surface area contributed by atoms with E-state index in [4.69, 9.17) is 4.42 Å². The van der Waals surface area contributed by atoms with Crippen molar-refractivity contribution in [3.63, 3.8) is 0 Å². The first-order valence-electron chi connectivity index (χ1n) is 7.97. The highest BCUT2D eigenvalue weighted by molar-refractivity contribution is 7.10. The first kappa shape index (κ1) is 14.3. The number of H-pyrrole nitrogens is 1. The van der Waals surface area contributed by atoms with Crippen LogP contribution in [0.3, 0.4) is 0 Å². The van der Waals surface area contributed by atoms with Crippen LogP contribution < -0.4 is 0 Å². The summed E-state index contributed by atoms with van der Waals surface area (Å²) in [4.78, 5) is 9.02. The van der Waals surface area contributed by atoms with E-state index >= 15 is 0 Å². The monoisotopic (exact) mass is 348 g/mol. The SMILES string of the molecule is C(#Cc1nc(C2CCC2)cs1)c1ccc2oc(-c3nn[nH]n3)nc2c1. The quantitative estimate of drug-likeness (QED) is 0.559. The number of fused-ring (bicyclic) bond motifs is 1. The molecule has 5 rings (SSSR count). The Morgan fingerprint density at radius 2 is 2.16 bits per heavy atom. The molecule has 0 atom stereocenters. The van der Waals surface area contributed by atoms with E-state index in [9.17, 15) is 0 Å². The lowest BCUT2D eigenvalue weighted by Crippen LogP contribution is -2.08. The molecule has 0 amide bonds. The smallest absolute Gasteiger partial charge is 0.269 e. The van der Waals surface area contributed by atoms with Crippen LogP contribution in [0, 0.1) is 11.8 Å². The molecule has 0 spiro atoms. The molecule has 3 aromatic heterocycles. The number of tetrazole rings is 1. The largest absolute Gasteiger partial charge is 0.433 e. The van der Waals surface area contributed by atoms with Gasteiger partial charge in [0.05, 0.1) is 5.69 Å². The second-order valence-corrected chi connectivity index (χ2v) is 6.75. The van der Waals surface area contributed by atoms with Gasteiger partial charge in [-0.1, -0.05) is 12.3 Å². The van der Waals surface area contributed by atoms with E-state index in [-0.39, 0.29) is 0 Å². The van der Waals surface area contributed by atoms with Gasteiger partial charge in [0.15, 0.2) is 10.6 Å². The molecule has 0 aliphatic heterocycles. The summed E-state index contributed by atoms with van der Waals surface area (Å²) in [6.45, 7) is 0. The number of hydrogen-bond acceptors (Lipinski definition) is 7. The zero-order chi connectivity index (χ0) is 16.6. The second-order valence-electron chi connectivity index (χ2n) is 5.89. The third kappa shape index (κ3) is 2.68. The Balaban J connectivity index is 1.42. The molecule has 8 heteroatoms. The Morgan fingerprint density at radius 3 is 2.96 bits per heavy atom. The summed E-state index contributed by atoms with van der Waals surface area (Å²) in [6.07, 6.45) is 3.82. The molecular weight excluding hydrogens is 336 g/mol. The van der Waals surface area contributed by atoms with Crippen LogP contribution in [0.25, 0.3) is 22.8 Å². The number of aromatic nitrogens is 6. The van der Waals surface area contributed by atoms with Crippen LogP contribution in [0.15, 0.2) is 28.0 Å². The number of hydrogen-bond donors (Lipinski definition) is 1. The Hall–Kier alpha value is -3.05. The number of rotatable bonds is 2. The summed E-state index contributed by atoms with van der Waals surface area (Å²) in [5, 5.41) is 16.6. The zero-order valence-corrected chi connectivity index (χ0v) is 13.9. The molecule has 1 aromatic carbocycles. The predicted molar refractivity (Wildman–Crippen MR) is 91.9 cm³/mol. The van der Waals surface area contributed by atoms with Crippen LogP contribution in [0.1, 0.15) is 41.4 Å². The van der Waals surface area contributed by atoms with Crippen molar-refractivity contribution >= 4 is 22.4 Å². The first-order valence-corrected chi connectivity index (χ1v) is 8.85. The van der Waals surface area contributed by atoms with Crippen LogP contribution in [0.2, 0.25) is 0 Å². The van der Waals surface area contributed by atoms with E-state index < -0.39 is 0 Å². The van der Waals surface area contributed by atoms with Gasteiger partial charge in [-0.2, -0.15) is 5.21 Å². The molecule has 122 valence electrons. The maximum atomic E-state index is 5.62. The first-order chi connectivity index (χ1) is 12.3. The molecule has 1 N–H and O–H groups in total. The van der Waals surface area contributed by atoms with Crippen LogP contribution in [0.5, 0.6) is 0 Å². The Morgan fingerprint density at radius 1 is 1.20 bits per heavy atom. The minimum atomic E-state index is 0.329. The van der Waals surface area contributed by atoms with Gasteiger partial charge in [0.2, 0.25) is 0 Å². The highest BCUT2D eigenvalue weighted by Gasteiger charge is 2.21. The third-order valence-electron chi connectivity index (χ3n) is 4.28. The van der Waals surface area contributed by atoms with E-state index in [0.717, 1.165) is 10.6 Å². The van der Waals surface area contributed by atoms with Crippen molar-refractivity contribution in [1.29, 1.82) is 0 Å². The summed E-state index contributed by atoms with van der Waals surface area (Å²) in [5.74, 6) is 7.60. The summed E-state index contributed by atoms with van der Waals surface area (Å²) < 4.78 is 5.62. The van der Waals surface area contributed by atoms with Gasteiger partial charge in [-0.15, -0.1) is 21.5 Å². The van der Waals surface area contributed by atoms with Crippen LogP contribution in [0.4, 0.5) is 0 Å². The summed E-state index contributed by atoms with van der Waals surface area (Å²) in [7, 11) is 0. The molecule has 0 bridgehead atoms. The standard InChI is InChI=1S/C17H12N6OS/c1-2-11(3-1)13-9-25-15(18-13)7-5-10-4-6-14-12(8-10)19-17(24-14)16-20-22-23-21-16/h4,6,8-9,11H,1-3H2,(H,20,21,22,23). The average Bonchev–Trinajstić information content (AvgIpc) is 3.30. The Labute approximate surface area is 146 Å². The van der Waals surface area contributed by atoms with Gasteiger partial charge in [-0.05, 0) is 42.2 Å². The van der Waals surface area contributed by atoms with Gasteiger partial charge >= 0.3 is 0 Å². The van der Waals surface area contributed by atoms with Crippen LogP contribution >= 0.6 is 11.3 Å². The van der Waals surface area contributed by atoms with Crippen molar-refractivity contribution in [2.75, 3.05) is 0 Å². The fourth-order valence-corrected chi connectivity index (χ4v) is 3.46. The molecule has 1 aliphatic rings. The van der Waals surface area contributed by atoms with Crippen molar-refractivity contribution in [2.24, 2.45) is 0 Å². The van der Waals surface area contributed by atoms with Gasteiger partial charge < -0.3 is 4.42 Å². The summed E-state index contributed by atoms with van der Waals surface area (Å²) >= 11 is 1.61. The number of nitrogens with zero attached hydrogens (tertiary/aromatic N) is 5. The molecule has 4 aromatic rings. The van der Waals surface area contributed by atoms with Crippen LogP contribution in [-0.2, 0) is 0 Å². The molecule has 0 saturated heterocycles. The highest BCUT2D eigenvalue weighted by atomic mass is 32.1. The van der Waals surface area contributed by atoms with Crippen molar-refractivity contribution in [3.05, 3.63) is 39.8 Å². The van der Waals surface area contributed by atoms with Crippen molar-refractivity contribution in [3.8, 4) is 23.6 Å². The molecule has 7 nitrogen and oxygen atoms in total. The third-order valence-corrected chi connectivity index (χ3v) is 5.06. The molecule has 1 aliphatic carbocycles. The van der Waals surface area contributed by atoms with Gasteiger partial charge in [-0.25, -0.2) is 9.97 Å². The van der Waals surface area contributed by atoms with Gasteiger partial charge in [0.1, 0.15) is 5.52 Å².